The van der Waals surface area contributed by atoms with Crippen LogP contribution < -0.4 is 0 Å². The maximum Gasteiger partial charge on any atom is 0.223 e. The summed E-state index contributed by atoms with van der Waals surface area (Å²) in [6, 6.07) is 0.370. The molecule has 0 aromatic carbocycles. The molecule has 0 aliphatic carbocycles. The van der Waals surface area contributed by atoms with Crippen LogP contribution in [-0.2, 0) is 16.1 Å². The average Bonchev–Trinajstić information content (AvgIpc) is 3.07. The van der Waals surface area contributed by atoms with Gasteiger partial charge in [0.15, 0.2) is 0 Å². The molecule has 21 heavy (non-hydrogen) atoms. The van der Waals surface area contributed by atoms with E-state index in [4.69, 9.17) is 4.74 Å². The SMILES string of the molecule is CC(C)n1ccnc1CN1CC[C@]2(CCCO2)CCC1=O. The van der Waals surface area contributed by atoms with Crippen LogP contribution in [-0.4, -0.2) is 39.1 Å². The van der Waals surface area contributed by atoms with Crippen LogP contribution in [0.4, 0.5) is 0 Å². The van der Waals surface area contributed by atoms with Gasteiger partial charge in [-0.05, 0) is 39.5 Å². The molecule has 3 rings (SSSR count). The van der Waals surface area contributed by atoms with E-state index in [1.807, 2.05) is 17.3 Å². The molecule has 2 aliphatic rings. The van der Waals surface area contributed by atoms with E-state index in [0.29, 0.717) is 19.0 Å². The van der Waals surface area contributed by atoms with Gasteiger partial charge in [0.05, 0.1) is 12.1 Å². The Hall–Kier alpha value is -1.36. The van der Waals surface area contributed by atoms with E-state index < -0.39 is 0 Å². The Kier molecular flexibility index (Phi) is 4.02. The molecule has 2 fully saturated rings. The number of aromatic nitrogens is 2. The van der Waals surface area contributed by atoms with Gasteiger partial charge in [0.2, 0.25) is 5.91 Å². The quantitative estimate of drug-likeness (QED) is 0.859. The van der Waals surface area contributed by atoms with Gasteiger partial charge >= 0.3 is 0 Å². The number of nitrogens with zero attached hydrogens (tertiary/aromatic N) is 3. The number of carbonyl (C=O) groups is 1. The Morgan fingerprint density at radius 3 is 2.95 bits per heavy atom. The molecule has 0 N–H and O–H groups in total. The molecule has 0 bridgehead atoms. The molecule has 1 spiro atoms. The summed E-state index contributed by atoms with van der Waals surface area (Å²) in [5.41, 5.74) is -0.0299. The van der Waals surface area contributed by atoms with Crippen molar-refractivity contribution in [1.82, 2.24) is 14.5 Å². The lowest BCUT2D eigenvalue weighted by Gasteiger charge is -2.26. The fourth-order valence-corrected chi connectivity index (χ4v) is 3.51. The highest BCUT2D eigenvalue weighted by molar-refractivity contribution is 5.76. The maximum atomic E-state index is 12.4. The normalized spacial score (nSPS) is 26.8. The Morgan fingerprint density at radius 1 is 1.38 bits per heavy atom. The second-order valence-corrected chi connectivity index (χ2v) is 6.54. The third kappa shape index (κ3) is 2.98. The summed E-state index contributed by atoms with van der Waals surface area (Å²) < 4.78 is 8.09. The fourth-order valence-electron chi connectivity index (χ4n) is 3.51. The third-order valence-corrected chi connectivity index (χ3v) is 4.81. The molecule has 5 nitrogen and oxygen atoms in total. The Labute approximate surface area is 126 Å². The van der Waals surface area contributed by atoms with E-state index in [1.54, 1.807) is 0 Å². The topological polar surface area (TPSA) is 47.4 Å². The predicted octanol–water partition coefficient (Wildman–Crippen LogP) is 2.53. The van der Waals surface area contributed by atoms with E-state index in [2.05, 4.69) is 23.4 Å². The number of hydrogen-bond acceptors (Lipinski definition) is 3. The van der Waals surface area contributed by atoms with Gasteiger partial charge < -0.3 is 14.2 Å². The molecule has 1 atom stereocenters. The van der Waals surface area contributed by atoms with Crippen molar-refractivity contribution in [3.05, 3.63) is 18.2 Å². The second-order valence-electron chi connectivity index (χ2n) is 6.54. The molecule has 0 unspecified atom stereocenters. The summed E-state index contributed by atoms with van der Waals surface area (Å²) in [5.74, 6) is 1.21. The fraction of sp³-hybridized carbons (Fsp3) is 0.750. The van der Waals surface area contributed by atoms with E-state index in [0.717, 1.165) is 44.7 Å². The minimum atomic E-state index is -0.0299. The molecule has 1 aromatic rings. The number of hydrogen-bond donors (Lipinski definition) is 0. The van der Waals surface area contributed by atoms with Crippen molar-refractivity contribution >= 4 is 5.91 Å². The summed E-state index contributed by atoms with van der Waals surface area (Å²) in [4.78, 5) is 18.8. The number of amides is 1. The van der Waals surface area contributed by atoms with Crippen LogP contribution >= 0.6 is 0 Å². The number of rotatable bonds is 3. The van der Waals surface area contributed by atoms with E-state index >= 15 is 0 Å². The van der Waals surface area contributed by atoms with Gasteiger partial charge in [-0.3, -0.25) is 4.79 Å². The van der Waals surface area contributed by atoms with Crippen molar-refractivity contribution in [3.63, 3.8) is 0 Å². The molecule has 1 aromatic heterocycles. The van der Waals surface area contributed by atoms with Crippen LogP contribution in [0.3, 0.4) is 0 Å². The first-order valence-corrected chi connectivity index (χ1v) is 8.03. The molecular formula is C16H25N3O2. The van der Waals surface area contributed by atoms with Crippen molar-refractivity contribution in [3.8, 4) is 0 Å². The highest BCUT2D eigenvalue weighted by Gasteiger charge is 2.38. The largest absolute Gasteiger partial charge is 0.375 e. The number of ether oxygens (including phenoxy) is 1. The van der Waals surface area contributed by atoms with Gasteiger partial charge in [-0.1, -0.05) is 0 Å². The van der Waals surface area contributed by atoms with Gasteiger partial charge in [0.1, 0.15) is 5.82 Å². The highest BCUT2D eigenvalue weighted by atomic mass is 16.5. The van der Waals surface area contributed by atoms with Crippen LogP contribution in [0, 0.1) is 0 Å². The monoisotopic (exact) mass is 291 g/mol. The summed E-state index contributed by atoms with van der Waals surface area (Å²) in [7, 11) is 0. The Bertz CT molecular complexity index is 503. The van der Waals surface area contributed by atoms with Crippen LogP contribution in [0.15, 0.2) is 12.4 Å². The first-order valence-electron chi connectivity index (χ1n) is 8.03. The van der Waals surface area contributed by atoms with E-state index in [-0.39, 0.29) is 11.5 Å². The standard InChI is InChI=1S/C16H25N3O2/c1-13(2)19-10-8-17-14(19)12-18-9-7-16(5-3-11-21-16)6-4-15(18)20/h8,10,13H,3-7,9,11-12H2,1-2H3/t16-/m0/s1. The molecule has 2 aliphatic heterocycles. The Morgan fingerprint density at radius 2 is 2.24 bits per heavy atom. The number of imidazole rings is 1. The first kappa shape index (κ1) is 14.6. The molecule has 2 saturated heterocycles. The van der Waals surface area contributed by atoms with Crippen LogP contribution in [0.5, 0.6) is 0 Å². The molecule has 5 heteroatoms. The van der Waals surface area contributed by atoms with Crippen molar-refractivity contribution in [2.45, 2.75) is 64.1 Å². The van der Waals surface area contributed by atoms with Crippen LogP contribution in [0.1, 0.15) is 57.8 Å². The predicted molar refractivity (Wildman–Crippen MR) is 79.8 cm³/mol. The zero-order valence-corrected chi connectivity index (χ0v) is 13.0. The van der Waals surface area contributed by atoms with Crippen molar-refractivity contribution in [1.29, 1.82) is 0 Å². The van der Waals surface area contributed by atoms with Gasteiger partial charge in [-0.2, -0.15) is 0 Å². The van der Waals surface area contributed by atoms with Crippen LogP contribution in [0.25, 0.3) is 0 Å². The smallest absolute Gasteiger partial charge is 0.223 e. The average molecular weight is 291 g/mol. The van der Waals surface area contributed by atoms with Gasteiger partial charge in [0, 0.05) is 38.0 Å². The molecule has 0 saturated carbocycles. The molecule has 0 radical (unpaired) electrons. The minimum absolute atomic E-state index is 0.0299. The lowest BCUT2D eigenvalue weighted by atomic mass is 9.92. The number of carbonyl (C=O) groups excluding carboxylic acids is 1. The van der Waals surface area contributed by atoms with Gasteiger partial charge in [0.25, 0.3) is 0 Å². The summed E-state index contributed by atoms with van der Waals surface area (Å²) >= 11 is 0. The first-order chi connectivity index (χ1) is 10.1. The van der Waals surface area contributed by atoms with Crippen molar-refractivity contribution in [2.75, 3.05) is 13.2 Å². The van der Waals surface area contributed by atoms with Gasteiger partial charge in [-0.25, -0.2) is 4.98 Å². The molecular weight excluding hydrogens is 266 g/mol. The van der Waals surface area contributed by atoms with E-state index in [1.165, 1.54) is 0 Å². The zero-order valence-electron chi connectivity index (χ0n) is 13.0. The lowest BCUT2D eigenvalue weighted by molar-refractivity contribution is -0.131. The highest BCUT2D eigenvalue weighted by Crippen LogP contribution is 2.36. The van der Waals surface area contributed by atoms with Crippen LogP contribution in [0.2, 0.25) is 0 Å². The minimum Gasteiger partial charge on any atom is -0.375 e. The third-order valence-electron chi connectivity index (χ3n) is 4.81. The lowest BCUT2D eigenvalue weighted by Crippen LogP contribution is -2.33. The summed E-state index contributed by atoms with van der Waals surface area (Å²) in [5, 5.41) is 0. The second kappa shape index (κ2) is 5.79. The number of likely N-dealkylation sites (tertiary alicyclic amines) is 1. The van der Waals surface area contributed by atoms with Crippen molar-refractivity contribution in [2.24, 2.45) is 0 Å². The van der Waals surface area contributed by atoms with E-state index in [9.17, 15) is 4.79 Å². The maximum absolute atomic E-state index is 12.4. The zero-order chi connectivity index (χ0) is 14.9. The molecule has 1 amide bonds. The van der Waals surface area contributed by atoms with Crippen molar-refractivity contribution < 1.29 is 9.53 Å². The summed E-state index contributed by atoms with van der Waals surface area (Å²) in [6.45, 7) is 6.52. The summed E-state index contributed by atoms with van der Waals surface area (Å²) in [6.07, 6.45) is 8.48. The molecule has 3 heterocycles. The van der Waals surface area contributed by atoms with Gasteiger partial charge in [-0.15, -0.1) is 0 Å². The Balaban J connectivity index is 1.70. The molecule has 116 valence electrons.